The van der Waals surface area contributed by atoms with Gasteiger partial charge in [0, 0.05) is 43.5 Å². The van der Waals surface area contributed by atoms with E-state index in [1.807, 2.05) is 24.5 Å². The first-order valence-electron chi connectivity index (χ1n) is 10.8. The Labute approximate surface area is 188 Å². The van der Waals surface area contributed by atoms with E-state index in [4.69, 9.17) is 14.5 Å². The Hall–Kier alpha value is -3.80. The molecule has 1 fully saturated rings. The maximum Gasteiger partial charge on any atom is 0.162 e. The molecule has 1 aromatic heterocycles. The van der Waals surface area contributed by atoms with Crippen molar-refractivity contribution < 1.29 is 9.47 Å². The number of methoxy groups -OCH3 is 2. The topological polar surface area (TPSA) is 50.7 Å². The van der Waals surface area contributed by atoms with E-state index in [1.165, 1.54) is 10.8 Å². The summed E-state index contributed by atoms with van der Waals surface area (Å²) in [6.45, 7) is 3.56. The normalized spacial score (nSPS) is 13.9. The van der Waals surface area contributed by atoms with Crippen LogP contribution in [-0.4, -0.2) is 50.4 Å². The molecular formula is C26H26N4O2. The minimum Gasteiger partial charge on any atom is -0.493 e. The molecule has 2 heterocycles. The maximum atomic E-state index is 5.46. The van der Waals surface area contributed by atoms with Crippen LogP contribution in [0.3, 0.4) is 0 Å². The van der Waals surface area contributed by atoms with Crippen molar-refractivity contribution in [3.05, 3.63) is 73.1 Å². The Morgan fingerprint density at radius 2 is 1.47 bits per heavy atom. The summed E-state index contributed by atoms with van der Waals surface area (Å²) in [5, 5.41) is 2.44. The maximum absolute atomic E-state index is 5.46. The van der Waals surface area contributed by atoms with Crippen molar-refractivity contribution in [2.75, 3.05) is 50.2 Å². The molecule has 0 unspecified atom stereocenters. The molecule has 5 rings (SSSR count). The van der Waals surface area contributed by atoms with Gasteiger partial charge in [0.2, 0.25) is 0 Å². The van der Waals surface area contributed by atoms with Gasteiger partial charge >= 0.3 is 0 Å². The number of ether oxygens (including phenoxy) is 2. The molecule has 0 spiro atoms. The number of benzene rings is 3. The quantitative estimate of drug-likeness (QED) is 0.463. The Balaban J connectivity index is 1.32. The van der Waals surface area contributed by atoms with Gasteiger partial charge in [0.25, 0.3) is 0 Å². The van der Waals surface area contributed by atoms with Crippen molar-refractivity contribution in [1.29, 1.82) is 0 Å². The van der Waals surface area contributed by atoms with Crippen LogP contribution in [0.2, 0.25) is 0 Å². The Morgan fingerprint density at radius 1 is 0.719 bits per heavy atom. The van der Waals surface area contributed by atoms with Crippen LogP contribution in [-0.2, 0) is 0 Å². The molecule has 0 N–H and O–H groups in total. The number of hydrogen-bond acceptors (Lipinski definition) is 6. The van der Waals surface area contributed by atoms with Crippen LogP contribution in [0.15, 0.2) is 73.1 Å². The summed E-state index contributed by atoms with van der Waals surface area (Å²) in [6.07, 6.45) is 3.70. The standard InChI is InChI=1S/C26H26N4O2/c1-31-24-10-9-22(16-25(24)32-2)29-11-13-30(14-12-29)26-18-27-17-23(28-26)21-8-7-19-5-3-4-6-20(19)15-21/h3-10,15-18H,11-14H2,1-2H3. The highest BCUT2D eigenvalue weighted by Gasteiger charge is 2.20. The number of rotatable bonds is 5. The van der Waals surface area contributed by atoms with Crippen molar-refractivity contribution in [3.63, 3.8) is 0 Å². The molecule has 0 bridgehead atoms. The van der Waals surface area contributed by atoms with E-state index in [1.54, 1.807) is 14.2 Å². The zero-order valence-corrected chi connectivity index (χ0v) is 18.4. The summed E-state index contributed by atoms with van der Waals surface area (Å²) in [5.41, 5.74) is 3.12. The number of anilines is 2. The second-order valence-corrected chi connectivity index (χ2v) is 7.84. The molecule has 0 aliphatic carbocycles. The van der Waals surface area contributed by atoms with Gasteiger partial charge in [-0.15, -0.1) is 0 Å². The molecule has 0 radical (unpaired) electrons. The van der Waals surface area contributed by atoms with E-state index >= 15 is 0 Å². The van der Waals surface area contributed by atoms with Gasteiger partial charge in [-0.2, -0.15) is 0 Å². The first-order chi connectivity index (χ1) is 15.7. The number of piperazine rings is 1. The summed E-state index contributed by atoms with van der Waals surface area (Å²) < 4.78 is 10.8. The Bertz CT molecular complexity index is 1240. The van der Waals surface area contributed by atoms with Crippen LogP contribution < -0.4 is 19.3 Å². The summed E-state index contributed by atoms with van der Waals surface area (Å²) in [7, 11) is 3.32. The molecule has 1 saturated heterocycles. The molecule has 0 amide bonds. The van der Waals surface area contributed by atoms with E-state index in [2.05, 4.69) is 63.3 Å². The van der Waals surface area contributed by atoms with Crippen LogP contribution >= 0.6 is 0 Å². The second-order valence-electron chi connectivity index (χ2n) is 7.84. The highest BCUT2D eigenvalue weighted by Crippen LogP contribution is 2.32. The highest BCUT2D eigenvalue weighted by molar-refractivity contribution is 5.86. The third kappa shape index (κ3) is 3.91. The van der Waals surface area contributed by atoms with Crippen LogP contribution in [0.1, 0.15) is 0 Å². The fourth-order valence-corrected chi connectivity index (χ4v) is 4.21. The zero-order valence-electron chi connectivity index (χ0n) is 18.4. The fraction of sp³-hybridized carbons (Fsp3) is 0.231. The summed E-state index contributed by atoms with van der Waals surface area (Å²) in [5.74, 6) is 2.42. The second kappa shape index (κ2) is 8.75. The van der Waals surface area contributed by atoms with E-state index in [-0.39, 0.29) is 0 Å². The van der Waals surface area contributed by atoms with Gasteiger partial charge < -0.3 is 19.3 Å². The third-order valence-corrected chi connectivity index (χ3v) is 6.00. The lowest BCUT2D eigenvalue weighted by molar-refractivity contribution is 0.355. The van der Waals surface area contributed by atoms with Crippen LogP contribution in [0, 0.1) is 0 Å². The molecule has 0 saturated carbocycles. The van der Waals surface area contributed by atoms with Gasteiger partial charge in [0.05, 0.1) is 32.3 Å². The number of aromatic nitrogens is 2. The van der Waals surface area contributed by atoms with E-state index < -0.39 is 0 Å². The Kier molecular flexibility index (Phi) is 5.50. The van der Waals surface area contributed by atoms with Crippen molar-refractivity contribution >= 4 is 22.3 Å². The van der Waals surface area contributed by atoms with Gasteiger partial charge in [-0.25, -0.2) is 4.98 Å². The molecule has 1 aliphatic rings. The monoisotopic (exact) mass is 426 g/mol. The molecule has 32 heavy (non-hydrogen) atoms. The van der Waals surface area contributed by atoms with Gasteiger partial charge in [0.15, 0.2) is 11.5 Å². The summed E-state index contributed by atoms with van der Waals surface area (Å²) >= 11 is 0. The lowest BCUT2D eigenvalue weighted by atomic mass is 10.1. The van der Waals surface area contributed by atoms with Gasteiger partial charge in [-0.3, -0.25) is 4.98 Å². The molecule has 4 aromatic rings. The smallest absolute Gasteiger partial charge is 0.162 e. The lowest BCUT2D eigenvalue weighted by Gasteiger charge is -2.36. The summed E-state index contributed by atoms with van der Waals surface area (Å²) in [4.78, 5) is 14.1. The van der Waals surface area contributed by atoms with Crippen molar-refractivity contribution in [2.45, 2.75) is 0 Å². The third-order valence-electron chi connectivity index (χ3n) is 6.00. The van der Waals surface area contributed by atoms with Crippen LogP contribution in [0.5, 0.6) is 11.5 Å². The Morgan fingerprint density at radius 3 is 2.25 bits per heavy atom. The van der Waals surface area contributed by atoms with Crippen molar-refractivity contribution in [2.24, 2.45) is 0 Å². The van der Waals surface area contributed by atoms with Gasteiger partial charge in [0.1, 0.15) is 5.82 Å². The minimum absolute atomic E-state index is 0.746. The minimum atomic E-state index is 0.746. The molecule has 6 nitrogen and oxygen atoms in total. The van der Waals surface area contributed by atoms with Crippen LogP contribution in [0.4, 0.5) is 11.5 Å². The number of nitrogens with zero attached hydrogens (tertiary/aromatic N) is 4. The molecule has 162 valence electrons. The fourth-order valence-electron chi connectivity index (χ4n) is 4.21. The van der Waals surface area contributed by atoms with Gasteiger partial charge in [-0.05, 0) is 29.0 Å². The van der Waals surface area contributed by atoms with Crippen LogP contribution in [0.25, 0.3) is 22.0 Å². The van der Waals surface area contributed by atoms with E-state index in [0.29, 0.717) is 0 Å². The average Bonchev–Trinajstić information content (AvgIpc) is 2.88. The summed E-state index contributed by atoms with van der Waals surface area (Å²) in [6, 6.07) is 20.9. The first-order valence-corrected chi connectivity index (χ1v) is 10.8. The molecule has 1 aliphatic heterocycles. The molecular weight excluding hydrogens is 400 g/mol. The predicted octanol–water partition coefficient (Wildman–Crippen LogP) is 4.64. The predicted molar refractivity (Wildman–Crippen MR) is 129 cm³/mol. The molecule has 3 aromatic carbocycles. The lowest BCUT2D eigenvalue weighted by Crippen LogP contribution is -2.46. The SMILES string of the molecule is COc1ccc(N2CCN(c3cncc(-c4ccc5ccccc5c4)n3)CC2)cc1OC. The zero-order chi connectivity index (χ0) is 21.9. The average molecular weight is 427 g/mol. The largest absolute Gasteiger partial charge is 0.493 e. The highest BCUT2D eigenvalue weighted by atomic mass is 16.5. The van der Waals surface area contributed by atoms with Crippen molar-refractivity contribution in [1.82, 2.24) is 9.97 Å². The van der Waals surface area contributed by atoms with Crippen molar-refractivity contribution in [3.8, 4) is 22.8 Å². The first kappa shape index (κ1) is 20.1. The van der Waals surface area contributed by atoms with E-state index in [9.17, 15) is 0 Å². The van der Waals surface area contributed by atoms with E-state index in [0.717, 1.165) is 60.4 Å². The van der Waals surface area contributed by atoms with Gasteiger partial charge in [-0.1, -0.05) is 36.4 Å². The molecule has 6 heteroatoms. The number of hydrogen-bond donors (Lipinski definition) is 0. The number of fused-ring (bicyclic) bond motifs is 1. The molecule has 0 atom stereocenters.